The average Bonchev–Trinajstić information content (AvgIpc) is 2.87. The molecule has 168 valence electrons. The predicted molar refractivity (Wildman–Crippen MR) is 125 cm³/mol. The molecule has 1 aliphatic carbocycles. The molecule has 4 rings (SSSR count). The Kier molecular flexibility index (Phi) is 7.56. The van der Waals surface area contributed by atoms with Crippen molar-refractivity contribution >= 4 is 5.97 Å². The minimum Gasteiger partial charge on any atom is -0.487 e. The predicted octanol–water partition coefficient (Wildman–Crippen LogP) is 5.63. The molecule has 33 heavy (non-hydrogen) atoms. The number of hydrogen-bond acceptors (Lipinski definition) is 4. The molecule has 0 saturated carbocycles. The van der Waals surface area contributed by atoms with Crippen LogP contribution in [0.4, 0.5) is 0 Å². The maximum atomic E-state index is 11.8. The van der Waals surface area contributed by atoms with Gasteiger partial charge in [0.15, 0.2) is 11.5 Å². The van der Waals surface area contributed by atoms with Gasteiger partial charge in [-0.15, -0.1) is 0 Å². The summed E-state index contributed by atoms with van der Waals surface area (Å²) >= 11 is 0. The van der Waals surface area contributed by atoms with E-state index in [1.165, 1.54) is 0 Å². The number of aliphatic carboxylic acids is 1. The highest BCUT2D eigenvalue weighted by molar-refractivity contribution is 5.87. The molecule has 0 bridgehead atoms. The summed E-state index contributed by atoms with van der Waals surface area (Å²) < 4.78 is 18.4. The molecule has 1 unspecified atom stereocenters. The summed E-state index contributed by atoms with van der Waals surface area (Å²) in [4.78, 5) is 11.8. The number of ether oxygens (including phenoxy) is 3. The fourth-order valence-electron chi connectivity index (χ4n) is 3.54. The van der Waals surface area contributed by atoms with Gasteiger partial charge in [0.1, 0.15) is 19.3 Å². The topological polar surface area (TPSA) is 65.0 Å². The monoisotopic (exact) mass is 442 g/mol. The number of rotatable bonds is 10. The SMILES string of the molecule is O=C(O)C1=CC(OCc2ccccc2)=C(OCc2ccccc2)C(OCc2ccccc2)C1. The second kappa shape index (κ2) is 11.2. The van der Waals surface area contributed by atoms with E-state index < -0.39 is 12.1 Å². The van der Waals surface area contributed by atoms with E-state index in [0.717, 1.165) is 16.7 Å². The van der Waals surface area contributed by atoms with Gasteiger partial charge in [-0.3, -0.25) is 0 Å². The standard InChI is InChI=1S/C28H26O5/c29-28(30)24-16-25(31-18-21-10-4-1-5-11-21)27(33-20-23-14-8-3-9-15-23)26(17-24)32-19-22-12-6-2-7-13-22/h1-16,26H,17-20H2,(H,29,30). The van der Waals surface area contributed by atoms with Gasteiger partial charge in [0.05, 0.1) is 6.61 Å². The normalized spacial score (nSPS) is 15.6. The van der Waals surface area contributed by atoms with Crippen LogP contribution in [0.3, 0.4) is 0 Å². The van der Waals surface area contributed by atoms with E-state index in [-0.39, 0.29) is 12.0 Å². The van der Waals surface area contributed by atoms with Crippen LogP contribution in [0.5, 0.6) is 0 Å². The van der Waals surface area contributed by atoms with Gasteiger partial charge in [-0.1, -0.05) is 91.0 Å². The highest BCUT2D eigenvalue weighted by Gasteiger charge is 2.30. The van der Waals surface area contributed by atoms with Gasteiger partial charge in [-0.25, -0.2) is 4.79 Å². The highest BCUT2D eigenvalue weighted by atomic mass is 16.6. The lowest BCUT2D eigenvalue weighted by molar-refractivity contribution is -0.133. The zero-order chi connectivity index (χ0) is 22.9. The molecule has 3 aromatic carbocycles. The van der Waals surface area contributed by atoms with Gasteiger partial charge >= 0.3 is 5.97 Å². The Balaban J connectivity index is 1.60. The van der Waals surface area contributed by atoms with Crippen LogP contribution in [-0.4, -0.2) is 17.2 Å². The number of benzene rings is 3. The second-order valence-electron chi connectivity index (χ2n) is 7.74. The zero-order valence-corrected chi connectivity index (χ0v) is 18.2. The van der Waals surface area contributed by atoms with Crippen molar-refractivity contribution < 1.29 is 24.1 Å². The third-order valence-electron chi connectivity index (χ3n) is 5.29. The molecule has 1 atom stereocenters. The Morgan fingerprint density at radius 2 is 1.21 bits per heavy atom. The smallest absolute Gasteiger partial charge is 0.331 e. The van der Waals surface area contributed by atoms with E-state index in [9.17, 15) is 9.90 Å². The number of allylic oxidation sites excluding steroid dienone is 1. The first-order valence-corrected chi connectivity index (χ1v) is 10.9. The van der Waals surface area contributed by atoms with Crippen molar-refractivity contribution in [2.24, 2.45) is 0 Å². The first-order chi connectivity index (χ1) is 16.2. The van der Waals surface area contributed by atoms with Gasteiger partial charge in [-0.2, -0.15) is 0 Å². The maximum Gasteiger partial charge on any atom is 0.331 e. The van der Waals surface area contributed by atoms with Crippen LogP contribution in [0.2, 0.25) is 0 Å². The Hall–Kier alpha value is -3.83. The van der Waals surface area contributed by atoms with Gasteiger partial charge in [0, 0.05) is 12.0 Å². The minimum atomic E-state index is -0.994. The third kappa shape index (κ3) is 6.34. The molecule has 0 aliphatic heterocycles. The Labute approximate surface area is 193 Å². The van der Waals surface area contributed by atoms with E-state index >= 15 is 0 Å². The van der Waals surface area contributed by atoms with E-state index in [1.54, 1.807) is 6.08 Å². The van der Waals surface area contributed by atoms with Crippen molar-refractivity contribution in [1.29, 1.82) is 0 Å². The van der Waals surface area contributed by atoms with Crippen LogP contribution in [0.25, 0.3) is 0 Å². The molecule has 3 aromatic rings. The van der Waals surface area contributed by atoms with Crippen LogP contribution in [0, 0.1) is 0 Å². The van der Waals surface area contributed by atoms with E-state index in [4.69, 9.17) is 14.2 Å². The van der Waals surface area contributed by atoms with Gasteiger partial charge in [-0.05, 0) is 22.8 Å². The van der Waals surface area contributed by atoms with Gasteiger partial charge in [0.25, 0.3) is 0 Å². The molecule has 0 radical (unpaired) electrons. The number of carboxylic acid groups (broad SMARTS) is 1. The second-order valence-corrected chi connectivity index (χ2v) is 7.74. The molecular formula is C28H26O5. The van der Waals surface area contributed by atoms with Crippen molar-refractivity contribution in [2.45, 2.75) is 32.3 Å². The first-order valence-electron chi connectivity index (χ1n) is 10.9. The molecule has 1 N–H and O–H groups in total. The van der Waals surface area contributed by atoms with Gasteiger partial charge < -0.3 is 19.3 Å². The van der Waals surface area contributed by atoms with Crippen LogP contribution in [0.15, 0.2) is 114 Å². The molecule has 0 saturated heterocycles. The van der Waals surface area contributed by atoms with E-state index in [0.29, 0.717) is 31.3 Å². The van der Waals surface area contributed by atoms with Gasteiger partial charge in [0.2, 0.25) is 0 Å². The third-order valence-corrected chi connectivity index (χ3v) is 5.29. The number of hydrogen-bond donors (Lipinski definition) is 1. The van der Waals surface area contributed by atoms with Crippen LogP contribution in [-0.2, 0) is 38.8 Å². The average molecular weight is 443 g/mol. The summed E-state index contributed by atoms with van der Waals surface area (Å²) in [5.74, 6) is -0.0987. The molecule has 0 aromatic heterocycles. The van der Waals surface area contributed by atoms with Crippen LogP contribution >= 0.6 is 0 Å². The molecule has 0 fully saturated rings. The molecule has 0 heterocycles. The maximum absolute atomic E-state index is 11.8. The summed E-state index contributed by atoms with van der Waals surface area (Å²) in [6.07, 6.45) is 1.18. The Morgan fingerprint density at radius 3 is 1.73 bits per heavy atom. The van der Waals surface area contributed by atoms with Crippen LogP contribution in [0.1, 0.15) is 23.1 Å². The quantitative estimate of drug-likeness (QED) is 0.441. The Bertz CT molecular complexity index is 1100. The zero-order valence-electron chi connectivity index (χ0n) is 18.2. The molecule has 0 amide bonds. The van der Waals surface area contributed by atoms with E-state index in [2.05, 4.69) is 0 Å². The lowest BCUT2D eigenvalue weighted by Gasteiger charge is -2.27. The van der Waals surface area contributed by atoms with Crippen molar-refractivity contribution in [3.63, 3.8) is 0 Å². The molecule has 5 heteroatoms. The number of carboxylic acids is 1. The summed E-state index contributed by atoms with van der Waals surface area (Å²) in [7, 11) is 0. The fraction of sp³-hybridized carbons (Fsp3) is 0.179. The lowest BCUT2D eigenvalue weighted by atomic mass is 9.99. The van der Waals surface area contributed by atoms with Crippen molar-refractivity contribution in [2.75, 3.05) is 0 Å². The largest absolute Gasteiger partial charge is 0.487 e. The van der Waals surface area contributed by atoms with Crippen LogP contribution < -0.4 is 0 Å². The lowest BCUT2D eigenvalue weighted by Crippen LogP contribution is -2.26. The Morgan fingerprint density at radius 1 is 0.727 bits per heavy atom. The molecular weight excluding hydrogens is 416 g/mol. The molecule has 1 aliphatic rings. The summed E-state index contributed by atoms with van der Waals surface area (Å²) in [5.41, 5.74) is 3.20. The van der Waals surface area contributed by atoms with Crippen molar-refractivity contribution in [3.05, 3.63) is 131 Å². The summed E-state index contributed by atoms with van der Waals surface area (Å²) in [6.45, 7) is 0.960. The van der Waals surface area contributed by atoms with E-state index in [1.807, 2.05) is 91.0 Å². The highest BCUT2D eigenvalue weighted by Crippen LogP contribution is 2.31. The first kappa shape index (κ1) is 22.4. The minimum absolute atomic E-state index is 0.199. The van der Waals surface area contributed by atoms with Crippen molar-refractivity contribution in [3.8, 4) is 0 Å². The molecule has 5 nitrogen and oxygen atoms in total. The molecule has 0 spiro atoms. The van der Waals surface area contributed by atoms with Crippen molar-refractivity contribution in [1.82, 2.24) is 0 Å². The fourth-order valence-corrected chi connectivity index (χ4v) is 3.54. The number of carbonyl (C=O) groups is 1. The summed E-state index contributed by atoms with van der Waals surface area (Å²) in [5, 5.41) is 9.70. The summed E-state index contributed by atoms with van der Waals surface area (Å²) in [6, 6.07) is 29.3.